The van der Waals surface area contributed by atoms with Crippen molar-refractivity contribution < 1.29 is 9.90 Å². The van der Waals surface area contributed by atoms with Crippen LogP contribution in [0.2, 0.25) is 0 Å². The van der Waals surface area contributed by atoms with E-state index in [1.165, 1.54) is 6.92 Å². The zero-order valence-corrected chi connectivity index (χ0v) is 7.42. The van der Waals surface area contributed by atoms with Crippen LogP contribution in [-0.2, 0) is 4.79 Å². The molecule has 1 atom stereocenters. The highest BCUT2D eigenvalue weighted by molar-refractivity contribution is 5.73. The number of hydrogen-bond acceptors (Lipinski definition) is 2. The van der Waals surface area contributed by atoms with Crippen LogP contribution in [0.15, 0.2) is 0 Å². The number of rotatable bonds is 4. The second-order valence-electron chi connectivity index (χ2n) is 3.06. The minimum absolute atomic E-state index is 0.0304. The summed E-state index contributed by atoms with van der Waals surface area (Å²) in [6, 6.07) is 0.109. The fourth-order valence-electron chi connectivity index (χ4n) is 0.972. The van der Waals surface area contributed by atoms with E-state index in [0.29, 0.717) is 12.3 Å². The Morgan fingerprint density at radius 2 is 2.09 bits per heavy atom. The van der Waals surface area contributed by atoms with Crippen molar-refractivity contribution in [2.45, 2.75) is 33.2 Å². The van der Waals surface area contributed by atoms with Gasteiger partial charge in [-0.25, -0.2) is 0 Å². The van der Waals surface area contributed by atoms with Gasteiger partial charge in [0.15, 0.2) is 0 Å². The van der Waals surface area contributed by atoms with Gasteiger partial charge in [0.2, 0.25) is 5.91 Å². The van der Waals surface area contributed by atoms with Gasteiger partial charge in [0, 0.05) is 19.6 Å². The lowest BCUT2D eigenvalue weighted by molar-refractivity contribution is -0.120. The summed E-state index contributed by atoms with van der Waals surface area (Å²) < 4.78 is 0. The van der Waals surface area contributed by atoms with Crippen molar-refractivity contribution in [3.8, 4) is 0 Å². The lowest BCUT2D eigenvalue weighted by Gasteiger charge is -2.20. The molecule has 0 heterocycles. The summed E-state index contributed by atoms with van der Waals surface area (Å²) in [6.07, 6.45) is 0.636. The summed E-state index contributed by atoms with van der Waals surface area (Å²) in [5, 5.41) is 11.4. The van der Waals surface area contributed by atoms with Gasteiger partial charge in [-0.2, -0.15) is 0 Å². The normalized spacial score (nSPS) is 13.2. The smallest absolute Gasteiger partial charge is 0.217 e. The second-order valence-corrected chi connectivity index (χ2v) is 3.06. The molecular formula is C8H17NO2. The quantitative estimate of drug-likeness (QED) is 0.628. The van der Waals surface area contributed by atoms with Crippen LogP contribution in [0.4, 0.5) is 0 Å². The molecule has 11 heavy (non-hydrogen) atoms. The molecule has 0 aromatic rings. The minimum Gasteiger partial charge on any atom is -0.396 e. The van der Waals surface area contributed by atoms with E-state index in [1.54, 1.807) is 0 Å². The standard InChI is InChI=1S/C8H17NO2/c1-6(2)8(4-5-10)9-7(3)11/h6,8,10H,4-5H2,1-3H3,(H,9,11). The van der Waals surface area contributed by atoms with Crippen LogP contribution < -0.4 is 5.32 Å². The number of hydrogen-bond donors (Lipinski definition) is 2. The van der Waals surface area contributed by atoms with Gasteiger partial charge in [-0.05, 0) is 12.3 Å². The average molecular weight is 159 g/mol. The first-order valence-corrected chi connectivity index (χ1v) is 3.96. The van der Waals surface area contributed by atoms with Gasteiger partial charge in [-0.1, -0.05) is 13.8 Å². The predicted octanol–water partition coefficient (Wildman–Crippen LogP) is 0.529. The molecule has 0 aliphatic rings. The first-order chi connectivity index (χ1) is 5.07. The zero-order valence-electron chi connectivity index (χ0n) is 7.42. The topological polar surface area (TPSA) is 49.3 Å². The summed E-state index contributed by atoms with van der Waals surface area (Å²) in [5.41, 5.74) is 0. The third kappa shape index (κ3) is 4.79. The van der Waals surface area contributed by atoms with Crippen LogP contribution in [0, 0.1) is 5.92 Å². The molecule has 1 unspecified atom stereocenters. The Bertz CT molecular complexity index is 123. The van der Waals surface area contributed by atoms with Crippen LogP contribution in [0.3, 0.4) is 0 Å². The van der Waals surface area contributed by atoms with Crippen LogP contribution in [0.25, 0.3) is 0 Å². The Morgan fingerprint density at radius 1 is 1.55 bits per heavy atom. The van der Waals surface area contributed by atoms with Gasteiger partial charge >= 0.3 is 0 Å². The first kappa shape index (κ1) is 10.4. The van der Waals surface area contributed by atoms with Crippen LogP contribution in [0.1, 0.15) is 27.2 Å². The van der Waals surface area contributed by atoms with E-state index in [-0.39, 0.29) is 18.6 Å². The molecule has 3 heteroatoms. The number of carbonyl (C=O) groups is 1. The maximum Gasteiger partial charge on any atom is 0.217 e. The van der Waals surface area contributed by atoms with E-state index >= 15 is 0 Å². The molecule has 0 fully saturated rings. The molecular weight excluding hydrogens is 142 g/mol. The van der Waals surface area contributed by atoms with Gasteiger partial charge in [-0.3, -0.25) is 4.79 Å². The second kappa shape index (κ2) is 5.13. The number of aliphatic hydroxyl groups excluding tert-OH is 1. The van der Waals surface area contributed by atoms with Crippen LogP contribution in [-0.4, -0.2) is 23.7 Å². The molecule has 0 aromatic heterocycles. The minimum atomic E-state index is -0.0304. The molecule has 0 rings (SSSR count). The molecule has 2 N–H and O–H groups in total. The Morgan fingerprint density at radius 3 is 2.36 bits per heavy atom. The predicted molar refractivity (Wildman–Crippen MR) is 44.1 cm³/mol. The molecule has 0 aromatic carbocycles. The van der Waals surface area contributed by atoms with Crippen molar-refractivity contribution in [1.82, 2.24) is 5.32 Å². The van der Waals surface area contributed by atoms with Crippen molar-refractivity contribution in [3.05, 3.63) is 0 Å². The highest BCUT2D eigenvalue weighted by Gasteiger charge is 2.12. The summed E-state index contributed by atoms with van der Waals surface area (Å²) >= 11 is 0. The molecule has 0 radical (unpaired) electrons. The van der Waals surface area contributed by atoms with Gasteiger partial charge in [0.05, 0.1) is 0 Å². The number of nitrogens with one attached hydrogen (secondary N) is 1. The molecule has 0 aliphatic carbocycles. The molecule has 3 nitrogen and oxygen atoms in total. The maximum atomic E-state index is 10.6. The number of amides is 1. The SMILES string of the molecule is CC(=O)NC(CCO)C(C)C. The lowest BCUT2D eigenvalue weighted by Crippen LogP contribution is -2.37. The highest BCUT2D eigenvalue weighted by Crippen LogP contribution is 2.04. The van der Waals surface area contributed by atoms with Crippen molar-refractivity contribution in [3.63, 3.8) is 0 Å². The van der Waals surface area contributed by atoms with E-state index in [0.717, 1.165) is 0 Å². The third-order valence-electron chi connectivity index (χ3n) is 1.63. The number of carbonyl (C=O) groups excluding carboxylic acids is 1. The lowest BCUT2D eigenvalue weighted by atomic mass is 10.0. The highest BCUT2D eigenvalue weighted by atomic mass is 16.3. The third-order valence-corrected chi connectivity index (χ3v) is 1.63. The molecule has 0 spiro atoms. The molecule has 66 valence electrons. The Kier molecular flexibility index (Phi) is 4.86. The van der Waals surface area contributed by atoms with Crippen LogP contribution >= 0.6 is 0 Å². The summed E-state index contributed by atoms with van der Waals surface area (Å²) in [5.74, 6) is 0.350. The first-order valence-electron chi connectivity index (χ1n) is 3.96. The van der Waals surface area contributed by atoms with Gasteiger partial charge in [0.25, 0.3) is 0 Å². The Hall–Kier alpha value is -0.570. The molecule has 0 saturated heterocycles. The molecule has 0 aliphatic heterocycles. The fraction of sp³-hybridized carbons (Fsp3) is 0.875. The monoisotopic (exact) mass is 159 g/mol. The molecule has 0 bridgehead atoms. The Balaban J connectivity index is 3.79. The van der Waals surface area contributed by atoms with E-state index in [2.05, 4.69) is 5.32 Å². The fourth-order valence-corrected chi connectivity index (χ4v) is 0.972. The Labute approximate surface area is 67.8 Å². The summed E-state index contributed by atoms with van der Waals surface area (Å²) in [4.78, 5) is 10.6. The maximum absolute atomic E-state index is 10.6. The summed E-state index contributed by atoms with van der Waals surface area (Å²) in [7, 11) is 0. The van der Waals surface area contributed by atoms with Crippen molar-refractivity contribution in [2.75, 3.05) is 6.61 Å². The van der Waals surface area contributed by atoms with Gasteiger partial charge < -0.3 is 10.4 Å². The van der Waals surface area contributed by atoms with E-state index in [1.807, 2.05) is 13.8 Å². The molecule has 0 saturated carbocycles. The van der Waals surface area contributed by atoms with E-state index in [4.69, 9.17) is 5.11 Å². The van der Waals surface area contributed by atoms with Crippen molar-refractivity contribution in [1.29, 1.82) is 0 Å². The van der Waals surface area contributed by atoms with E-state index in [9.17, 15) is 4.79 Å². The van der Waals surface area contributed by atoms with E-state index < -0.39 is 0 Å². The average Bonchev–Trinajstić information content (AvgIpc) is 1.86. The number of aliphatic hydroxyl groups is 1. The van der Waals surface area contributed by atoms with Gasteiger partial charge in [-0.15, -0.1) is 0 Å². The summed E-state index contributed by atoms with van der Waals surface area (Å²) in [6.45, 7) is 5.67. The zero-order chi connectivity index (χ0) is 8.85. The van der Waals surface area contributed by atoms with Crippen molar-refractivity contribution >= 4 is 5.91 Å². The van der Waals surface area contributed by atoms with Crippen molar-refractivity contribution in [2.24, 2.45) is 5.92 Å². The largest absolute Gasteiger partial charge is 0.396 e. The van der Waals surface area contributed by atoms with Gasteiger partial charge in [0.1, 0.15) is 0 Å². The molecule has 1 amide bonds. The van der Waals surface area contributed by atoms with Crippen LogP contribution in [0.5, 0.6) is 0 Å².